The molecule has 0 radical (unpaired) electrons. The van der Waals surface area contributed by atoms with Crippen molar-refractivity contribution in [2.75, 3.05) is 33.1 Å². The van der Waals surface area contributed by atoms with Gasteiger partial charge in [0.15, 0.2) is 5.16 Å². The summed E-state index contributed by atoms with van der Waals surface area (Å²) in [6, 6.07) is 0. The van der Waals surface area contributed by atoms with Crippen molar-refractivity contribution < 1.29 is 14.6 Å². The van der Waals surface area contributed by atoms with Crippen LogP contribution in [0, 0.1) is 0 Å². The van der Waals surface area contributed by atoms with E-state index in [1.807, 2.05) is 0 Å². The molecule has 1 aliphatic rings. The highest BCUT2D eigenvalue weighted by molar-refractivity contribution is 7.99. The highest BCUT2D eigenvalue weighted by atomic mass is 32.2. The number of carbonyl (C=O) groups is 1. The molecule has 0 aliphatic carbocycles. The highest BCUT2D eigenvalue weighted by Crippen LogP contribution is 2.20. The first-order valence-corrected chi connectivity index (χ1v) is 7.18. The molecule has 0 saturated carbocycles. The highest BCUT2D eigenvalue weighted by Gasteiger charge is 2.23. The molecule has 2 heterocycles. The number of aromatic nitrogens is 2. The zero-order chi connectivity index (χ0) is 14.7. The van der Waals surface area contributed by atoms with Gasteiger partial charge < -0.3 is 14.7 Å². The summed E-state index contributed by atoms with van der Waals surface area (Å²) in [5.41, 5.74) is -0.290. The number of fused-ring (bicyclic) bond motifs is 1. The van der Waals surface area contributed by atoms with Gasteiger partial charge in [-0.25, -0.2) is 4.98 Å². The largest absolute Gasteiger partial charge is 0.389 e. The Morgan fingerprint density at radius 1 is 1.70 bits per heavy atom. The molecule has 0 spiro atoms. The number of carbonyl (C=O) groups excluding carboxylic acids is 1. The van der Waals surface area contributed by atoms with Crippen LogP contribution in [-0.4, -0.2) is 64.6 Å². The predicted molar refractivity (Wildman–Crippen MR) is 74.1 cm³/mol. The Bertz CT molecular complexity index is 560. The van der Waals surface area contributed by atoms with E-state index in [2.05, 4.69) is 4.98 Å². The predicted octanol–water partition coefficient (Wildman–Crippen LogP) is -0.572. The van der Waals surface area contributed by atoms with Crippen molar-refractivity contribution in [2.45, 2.75) is 17.8 Å². The molecule has 0 aromatic carbocycles. The molecule has 0 bridgehead atoms. The number of hydrogen-bond acceptors (Lipinski definition) is 6. The lowest BCUT2D eigenvalue weighted by atomic mass is 10.2. The lowest BCUT2D eigenvalue weighted by molar-refractivity contribution is 0.0379. The van der Waals surface area contributed by atoms with Gasteiger partial charge in [-0.15, -0.1) is 0 Å². The molecule has 1 amide bonds. The fourth-order valence-electron chi connectivity index (χ4n) is 2.01. The standard InChI is InChI=1S/C12H17N3O4S/c1-14(6-8(16)7-19-2)10(17)9-5-13-12-15(11(9)18)3-4-20-12/h5,8,16H,3-4,6-7H2,1-2H3. The summed E-state index contributed by atoms with van der Waals surface area (Å²) in [6.45, 7) is 0.807. The molecule has 2 rings (SSSR count). The molecule has 110 valence electrons. The molecule has 7 nitrogen and oxygen atoms in total. The van der Waals surface area contributed by atoms with E-state index in [0.29, 0.717) is 11.7 Å². The maximum atomic E-state index is 12.2. The van der Waals surface area contributed by atoms with E-state index >= 15 is 0 Å². The van der Waals surface area contributed by atoms with Crippen LogP contribution in [0.2, 0.25) is 0 Å². The third-order valence-corrected chi connectivity index (χ3v) is 3.95. The van der Waals surface area contributed by atoms with E-state index in [-0.39, 0.29) is 24.3 Å². The average Bonchev–Trinajstić information content (AvgIpc) is 2.88. The maximum absolute atomic E-state index is 12.2. The number of amides is 1. The van der Waals surface area contributed by atoms with Gasteiger partial charge in [-0.2, -0.15) is 0 Å². The van der Waals surface area contributed by atoms with Gasteiger partial charge in [-0.05, 0) is 0 Å². The Balaban J connectivity index is 2.15. The number of ether oxygens (including phenoxy) is 1. The van der Waals surface area contributed by atoms with E-state index in [1.54, 1.807) is 0 Å². The summed E-state index contributed by atoms with van der Waals surface area (Å²) in [7, 11) is 3.01. The lowest BCUT2D eigenvalue weighted by Gasteiger charge is -2.20. The molecule has 8 heteroatoms. The second kappa shape index (κ2) is 6.38. The number of likely N-dealkylation sites (N-methyl/N-ethyl adjacent to an activating group) is 1. The lowest BCUT2D eigenvalue weighted by Crippen LogP contribution is -2.39. The number of methoxy groups -OCH3 is 1. The molecule has 1 N–H and O–H groups in total. The first kappa shape index (κ1) is 15.0. The van der Waals surface area contributed by atoms with Gasteiger partial charge in [0.05, 0.1) is 12.7 Å². The fraction of sp³-hybridized carbons (Fsp3) is 0.583. The zero-order valence-electron chi connectivity index (χ0n) is 11.4. The molecule has 0 saturated heterocycles. The minimum atomic E-state index is -0.783. The molecule has 1 atom stereocenters. The van der Waals surface area contributed by atoms with Gasteiger partial charge in [0, 0.05) is 39.2 Å². The average molecular weight is 299 g/mol. The number of hydrogen-bond donors (Lipinski definition) is 1. The van der Waals surface area contributed by atoms with Crippen LogP contribution in [0.4, 0.5) is 0 Å². The Hall–Kier alpha value is -1.38. The van der Waals surface area contributed by atoms with Gasteiger partial charge in [-0.1, -0.05) is 11.8 Å². The van der Waals surface area contributed by atoms with Gasteiger partial charge >= 0.3 is 0 Å². The Kier molecular flexibility index (Phi) is 4.79. The number of thioether (sulfide) groups is 1. The topological polar surface area (TPSA) is 84.7 Å². The monoisotopic (exact) mass is 299 g/mol. The van der Waals surface area contributed by atoms with E-state index in [1.165, 1.54) is 41.6 Å². The minimum Gasteiger partial charge on any atom is -0.389 e. The maximum Gasteiger partial charge on any atom is 0.267 e. The van der Waals surface area contributed by atoms with Gasteiger partial charge in [0.25, 0.3) is 11.5 Å². The van der Waals surface area contributed by atoms with Crippen LogP contribution in [0.15, 0.2) is 16.1 Å². The van der Waals surface area contributed by atoms with Crippen molar-refractivity contribution in [3.63, 3.8) is 0 Å². The summed E-state index contributed by atoms with van der Waals surface area (Å²) >= 11 is 1.50. The van der Waals surface area contributed by atoms with E-state index in [4.69, 9.17) is 4.74 Å². The van der Waals surface area contributed by atoms with Crippen LogP contribution < -0.4 is 5.56 Å². The Morgan fingerprint density at radius 2 is 2.45 bits per heavy atom. The van der Waals surface area contributed by atoms with Crippen LogP contribution in [0.5, 0.6) is 0 Å². The number of aliphatic hydroxyl groups excluding tert-OH is 1. The molecule has 1 aliphatic heterocycles. The number of aliphatic hydroxyl groups is 1. The van der Waals surface area contributed by atoms with Crippen molar-refractivity contribution in [1.29, 1.82) is 0 Å². The number of nitrogens with zero attached hydrogens (tertiary/aromatic N) is 3. The molecule has 0 fully saturated rings. The second-order valence-electron chi connectivity index (χ2n) is 4.55. The van der Waals surface area contributed by atoms with Crippen molar-refractivity contribution >= 4 is 17.7 Å². The molecule has 1 aromatic heterocycles. The molecular weight excluding hydrogens is 282 g/mol. The Morgan fingerprint density at radius 3 is 3.15 bits per heavy atom. The van der Waals surface area contributed by atoms with Gasteiger partial charge in [0.2, 0.25) is 0 Å². The molecule has 1 aromatic rings. The first-order valence-electron chi connectivity index (χ1n) is 6.19. The van der Waals surface area contributed by atoms with E-state index in [9.17, 15) is 14.7 Å². The summed E-state index contributed by atoms with van der Waals surface area (Å²) in [4.78, 5) is 29.8. The van der Waals surface area contributed by atoms with Gasteiger partial charge in [-0.3, -0.25) is 14.2 Å². The molecule has 1 unspecified atom stereocenters. The first-order chi connectivity index (χ1) is 9.54. The van der Waals surface area contributed by atoms with Crippen molar-refractivity contribution in [3.8, 4) is 0 Å². The third-order valence-electron chi connectivity index (χ3n) is 2.98. The quantitative estimate of drug-likeness (QED) is 0.733. The summed E-state index contributed by atoms with van der Waals surface area (Å²) in [5.74, 6) is 0.354. The van der Waals surface area contributed by atoms with Gasteiger partial charge in [0.1, 0.15) is 5.56 Å². The Labute approximate surface area is 120 Å². The SMILES string of the molecule is COCC(O)CN(C)C(=O)c1cnc2n(c1=O)CCS2. The molecular formula is C12H17N3O4S. The van der Waals surface area contributed by atoms with Crippen molar-refractivity contribution in [2.24, 2.45) is 0 Å². The van der Waals surface area contributed by atoms with Crippen LogP contribution >= 0.6 is 11.8 Å². The van der Waals surface area contributed by atoms with Crippen LogP contribution in [0.25, 0.3) is 0 Å². The second-order valence-corrected chi connectivity index (χ2v) is 5.62. The zero-order valence-corrected chi connectivity index (χ0v) is 12.2. The van der Waals surface area contributed by atoms with E-state index in [0.717, 1.165) is 5.75 Å². The third kappa shape index (κ3) is 3.02. The normalized spacial score (nSPS) is 14.9. The van der Waals surface area contributed by atoms with Crippen LogP contribution in [0.1, 0.15) is 10.4 Å². The van der Waals surface area contributed by atoms with Crippen molar-refractivity contribution in [1.82, 2.24) is 14.5 Å². The number of rotatable bonds is 5. The minimum absolute atomic E-state index is 0.0309. The summed E-state index contributed by atoms with van der Waals surface area (Å²) in [6.07, 6.45) is 0.531. The molecule has 20 heavy (non-hydrogen) atoms. The summed E-state index contributed by atoms with van der Waals surface area (Å²) < 4.78 is 6.32. The summed E-state index contributed by atoms with van der Waals surface area (Å²) in [5, 5.41) is 10.3. The van der Waals surface area contributed by atoms with E-state index < -0.39 is 12.0 Å². The van der Waals surface area contributed by atoms with Crippen LogP contribution in [0.3, 0.4) is 0 Å². The smallest absolute Gasteiger partial charge is 0.267 e. The fourth-order valence-corrected chi connectivity index (χ4v) is 2.93. The van der Waals surface area contributed by atoms with Crippen LogP contribution in [-0.2, 0) is 11.3 Å². The van der Waals surface area contributed by atoms with Crippen molar-refractivity contribution in [3.05, 3.63) is 22.1 Å².